The van der Waals surface area contributed by atoms with E-state index in [9.17, 15) is 19.2 Å². The zero-order valence-corrected chi connectivity index (χ0v) is 22.6. The van der Waals surface area contributed by atoms with Gasteiger partial charge in [-0.2, -0.15) is 0 Å². The first-order valence-electron chi connectivity index (χ1n) is 13.0. The van der Waals surface area contributed by atoms with Crippen LogP contribution in [0.1, 0.15) is 59.0 Å². The highest BCUT2D eigenvalue weighted by Crippen LogP contribution is 2.20. The lowest BCUT2D eigenvalue weighted by Crippen LogP contribution is -2.40. The van der Waals surface area contributed by atoms with Crippen molar-refractivity contribution in [1.82, 2.24) is 10.2 Å². The minimum absolute atomic E-state index is 0.279. The molecular formula is C31H32N2O7. The van der Waals surface area contributed by atoms with Gasteiger partial charge in [0.05, 0.1) is 30.9 Å². The molecule has 1 N–H and O–H groups in total. The van der Waals surface area contributed by atoms with Crippen molar-refractivity contribution >= 4 is 23.8 Å². The molecule has 1 heterocycles. The van der Waals surface area contributed by atoms with E-state index in [0.29, 0.717) is 35.2 Å². The van der Waals surface area contributed by atoms with Gasteiger partial charge in [0.25, 0.3) is 5.91 Å². The zero-order valence-electron chi connectivity index (χ0n) is 22.6. The molecule has 1 aliphatic heterocycles. The average molecular weight is 545 g/mol. The van der Waals surface area contributed by atoms with Gasteiger partial charge in [-0.3, -0.25) is 9.69 Å². The van der Waals surface area contributed by atoms with E-state index in [2.05, 4.69) is 27.1 Å². The minimum atomic E-state index is -0.511. The summed E-state index contributed by atoms with van der Waals surface area (Å²) < 4.78 is 15.3. The van der Waals surface area contributed by atoms with E-state index < -0.39 is 24.0 Å². The molecule has 0 fully saturated rings. The van der Waals surface area contributed by atoms with Gasteiger partial charge >= 0.3 is 17.9 Å². The molecule has 0 radical (unpaired) electrons. The van der Waals surface area contributed by atoms with E-state index in [1.54, 1.807) is 12.1 Å². The van der Waals surface area contributed by atoms with Crippen LogP contribution in [0.25, 0.3) is 0 Å². The smallest absolute Gasteiger partial charge is 0.338 e. The summed E-state index contributed by atoms with van der Waals surface area (Å²) in [5.74, 6) is -1.77. The molecule has 4 rings (SSSR count). The van der Waals surface area contributed by atoms with E-state index >= 15 is 0 Å². The highest BCUT2D eigenvalue weighted by atomic mass is 16.5. The second-order valence-corrected chi connectivity index (χ2v) is 9.46. The molecule has 9 nitrogen and oxygen atoms in total. The molecule has 1 atom stereocenters. The monoisotopic (exact) mass is 544 g/mol. The maximum absolute atomic E-state index is 13.0. The molecule has 0 aliphatic carbocycles. The number of fused-ring (bicyclic) bond motifs is 1. The molecule has 1 unspecified atom stereocenters. The number of ether oxygens (including phenoxy) is 3. The summed E-state index contributed by atoms with van der Waals surface area (Å²) >= 11 is 0. The van der Waals surface area contributed by atoms with Crippen LogP contribution in [0.2, 0.25) is 0 Å². The van der Waals surface area contributed by atoms with E-state index in [1.165, 1.54) is 61.7 Å². The minimum Gasteiger partial charge on any atom is -0.465 e. The molecule has 3 aromatic carbocycles. The van der Waals surface area contributed by atoms with Crippen molar-refractivity contribution in [1.29, 1.82) is 0 Å². The summed E-state index contributed by atoms with van der Waals surface area (Å²) in [4.78, 5) is 51.3. The first-order chi connectivity index (χ1) is 19.4. The predicted octanol–water partition coefficient (Wildman–Crippen LogP) is 3.66. The molecule has 40 heavy (non-hydrogen) atoms. The normalized spacial score (nSPS) is 13.4. The molecular weight excluding hydrogens is 512 g/mol. The summed E-state index contributed by atoms with van der Waals surface area (Å²) in [7, 11) is 2.59. The van der Waals surface area contributed by atoms with Crippen LogP contribution in [0.4, 0.5) is 0 Å². The Morgan fingerprint density at radius 3 is 1.85 bits per heavy atom. The van der Waals surface area contributed by atoms with Gasteiger partial charge in [-0.25, -0.2) is 14.4 Å². The van der Waals surface area contributed by atoms with Gasteiger partial charge in [0.15, 0.2) is 0 Å². The number of methoxy groups -OCH3 is 2. The maximum atomic E-state index is 13.0. The molecule has 3 aromatic rings. The van der Waals surface area contributed by atoms with Gasteiger partial charge in [0.2, 0.25) is 0 Å². The fourth-order valence-electron chi connectivity index (χ4n) is 4.59. The summed E-state index contributed by atoms with van der Waals surface area (Å²) in [6.07, 6.45) is 0.820. The third kappa shape index (κ3) is 7.33. The van der Waals surface area contributed by atoms with Crippen LogP contribution in [0, 0.1) is 0 Å². The number of hydrogen-bond donors (Lipinski definition) is 1. The van der Waals surface area contributed by atoms with Crippen LogP contribution in [-0.4, -0.2) is 68.7 Å². The average Bonchev–Trinajstić information content (AvgIpc) is 3.00. The van der Waals surface area contributed by atoms with Crippen LogP contribution < -0.4 is 5.32 Å². The molecule has 1 amide bonds. The second-order valence-electron chi connectivity index (χ2n) is 9.46. The Kier molecular flexibility index (Phi) is 9.64. The molecule has 0 aromatic heterocycles. The topological polar surface area (TPSA) is 111 Å². The number of rotatable bonds is 10. The quantitative estimate of drug-likeness (QED) is 0.304. The Labute approximate surface area is 233 Å². The molecule has 9 heteroatoms. The van der Waals surface area contributed by atoms with Crippen molar-refractivity contribution in [3.05, 3.63) is 106 Å². The number of amides is 1. The van der Waals surface area contributed by atoms with E-state index in [1.807, 2.05) is 12.1 Å². The molecule has 0 spiro atoms. The fraction of sp³-hybridized carbons (Fsp3) is 0.290. The van der Waals surface area contributed by atoms with Crippen LogP contribution in [-0.2, 0) is 27.2 Å². The first-order valence-corrected chi connectivity index (χ1v) is 13.0. The van der Waals surface area contributed by atoms with Crippen LogP contribution in [0.15, 0.2) is 72.8 Å². The molecule has 0 saturated heterocycles. The first kappa shape index (κ1) is 28.5. The standard InChI is InChI=1S/C31H32N2O7/c1-38-29(35)23-9-7-22(8-10-23)28(34)32-17-15-27(20-33-18-16-21-5-3-4-6-26(21)19-33)40-31(37)25-13-11-24(12-14-25)30(36)39-2/h3-14,27H,15-20H2,1-2H3,(H,32,34). The number of esters is 3. The van der Waals surface area contributed by atoms with Gasteiger partial charge in [-0.05, 0) is 66.1 Å². The van der Waals surface area contributed by atoms with Gasteiger partial charge in [0, 0.05) is 38.2 Å². The summed E-state index contributed by atoms with van der Waals surface area (Å²) in [6.45, 7) is 2.36. The lowest BCUT2D eigenvalue weighted by Gasteiger charge is -2.31. The number of benzene rings is 3. The fourth-order valence-corrected chi connectivity index (χ4v) is 4.59. The zero-order chi connectivity index (χ0) is 28.5. The van der Waals surface area contributed by atoms with Crippen LogP contribution in [0.3, 0.4) is 0 Å². The van der Waals surface area contributed by atoms with Crippen LogP contribution in [0.5, 0.6) is 0 Å². The Balaban J connectivity index is 1.40. The Hall–Kier alpha value is -4.50. The summed E-state index contributed by atoms with van der Waals surface area (Å²) in [5.41, 5.74) is 3.99. The van der Waals surface area contributed by atoms with Gasteiger partial charge in [-0.1, -0.05) is 24.3 Å². The third-order valence-electron chi connectivity index (χ3n) is 6.81. The van der Waals surface area contributed by atoms with Gasteiger partial charge in [-0.15, -0.1) is 0 Å². The number of carbonyl (C=O) groups excluding carboxylic acids is 4. The molecule has 208 valence electrons. The SMILES string of the molecule is COC(=O)c1ccc(C(=O)NCCC(CN2CCc3ccccc3C2)OC(=O)c2ccc(C(=O)OC)cc2)cc1. The number of hydrogen-bond acceptors (Lipinski definition) is 8. The molecule has 0 saturated carbocycles. The Morgan fingerprint density at radius 1 is 0.750 bits per heavy atom. The van der Waals surface area contributed by atoms with E-state index in [-0.39, 0.29) is 12.5 Å². The third-order valence-corrected chi connectivity index (χ3v) is 6.81. The maximum Gasteiger partial charge on any atom is 0.338 e. The van der Waals surface area contributed by atoms with Crippen molar-refractivity contribution < 1.29 is 33.4 Å². The highest BCUT2D eigenvalue weighted by molar-refractivity contribution is 5.96. The lowest BCUT2D eigenvalue weighted by atomic mass is 9.99. The Bertz CT molecular complexity index is 1350. The van der Waals surface area contributed by atoms with Gasteiger partial charge in [0.1, 0.15) is 6.10 Å². The number of nitrogens with zero attached hydrogens (tertiary/aromatic N) is 1. The largest absolute Gasteiger partial charge is 0.465 e. The van der Waals surface area contributed by atoms with Crippen molar-refractivity contribution in [3.63, 3.8) is 0 Å². The highest BCUT2D eigenvalue weighted by Gasteiger charge is 2.23. The van der Waals surface area contributed by atoms with E-state index in [0.717, 1.165) is 19.5 Å². The lowest BCUT2D eigenvalue weighted by molar-refractivity contribution is 0.0167. The molecule has 0 bridgehead atoms. The number of carbonyl (C=O) groups is 4. The van der Waals surface area contributed by atoms with Crippen molar-refractivity contribution in [3.8, 4) is 0 Å². The van der Waals surface area contributed by atoms with Crippen LogP contribution >= 0.6 is 0 Å². The van der Waals surface area contributed by atoms with Gasteiger partial charge < -0.3 is 19.5 Å². The van der Waals surface area contributed by atoms with E-state index in [4.69, 9.17) is 9.47 Å². The second kappa shape index (κ2) is 13.5. The number of nitrogens with one attached hydrogen (secondary N) is 1. The van der Waals surface area contributed by atoms with Crippen molar-refractivity contribution in [2.45, 2.75) is 25.5 Å². The summed E-state index contributed by atoms with van der Waals surface area (Å²) in [6, 6.07) is 20.6. The Morgan fingerprint density at radius 2 is 1.27 bits per heavy atom. The van der Waals surface area contributed by atoms with Crippen molar-refractivity contribution in [2.24, 2.45) is 0 Å². The molecule has 1 aliphatic rings. The summed E-state index contributed by atoms with van der Waals surface area (Å²) in [5, 5.41) is 2.87. The van der Waals surface area contributed by atoms with Crippen molar-refractivity contribution in [2.75, 3.05) is 33.9 Å². The predicted molar refractivity (Wildman–Crippen MR) is 147 cm³/mol.